The molecular formula is C22H25N3O5S. The summed E-state index contributed by atoms with van der Waals surface area (Å²) in [4.78, 5) is 12.7. The Morgan fingerprint density at radius 3 is 2.48 bits per heavy atom. The van der Waals surface area contributed by atoms with E-state index in [4.69, 9.17) is 9.47 Å². The highest BCUT2D eigenvalue weighted by Crippen LogP contribution is 2.34. The highest BCUT2D eigenvalue weighted by Gasteiger charge is 2.36. The number of carbonyl (C=O) groups excluding carboxylic acids is 1. The molecule has 0 unspecified atom stereocenters. The van der Waals surface area contributed by atoms with Crippen molar-refractivity contribution in [2.75, 3.05) is 31.7 Å². The Morgan fingerprint density at radius 2 is 1.68 bits per heavy atom. The van der Waals surface area contributed by atoms with E-state index in [0.29, 0.717) is 56.2 Å². The Kier molecular flexibility index (Phi) is 5.33. The number of ether oxygens (including phenoxy) is 2. The van der Waals surface area contributed by atoms with E-state index in [2.05, 4.69) is 11.4 Å². The number of piperidine rings is 1. The third kappa shape index (κ3) is 4.00. The average Bonchev–Trinajstić information content (AvgIpc) is 3.27. The molecule has 0 spiro atoms. The van der Waals surface area contributed by atoms with E-state index in [9.17, 15) is 13.2 Å². The maximum Gasteiger partial charge on any atom is 0.282 e. The summed E-state index contributed by atoms with van der Waals surface area (Å²) in [6, 6.07) is 13.3. The minimum atomic E-state index is -3.54. The Balaban J connectivity index is 1.18. The molecule has 31 heavy (non-hydrogen) atoms. The summed E-state index contributed by atoms with van der Waals surface area (Å²) in [6.45, 7) is 1.77. The number of anilines is 1. The quantitative estimate of drug-likeness (QED) is 0.784. The molecule has 3 aliphatic heterocycles. The summed E-state index contributed by atoms with van der Waals surface area (Å²) in [5, 5.41) is 2.92. The Bertz CT molecular complexity index is 1100. The van der Waals surface area contributed by atoms with Crippen LogP contribution in [0.5, 0.6) is 11.5 Å². The van der Waals surface area contributed by atoms with Crippen molar-refractivity contribution in [3.05, 3.63) is 53.6 Å². The third-order valence-electron chi connectivity index (χ3n) is 6.21. The molecule has 0 aromatic heterocycles. The Hall–Kier alpha value is -2.62. The number of hydrogen-bond donors (Lipinski definition) is 1. The van der Waals surface area contributed by atoms with Gasteiger partial charge in [-0.05, 0) is 42.5 Å². The maximum atomic E-state index is 13.2. The number of hydrogen-bond acceptors (Lipinski definition) is 5. The lowest BCUT2D eigenvalue weighted by molar-refractivity contribution is -0.120. The number of fused-ring (bicyclic) bond motifs is 2. The lowest BCUT2D eigenvalue weighted by Crippen LogP contribution is -2.49. The number of amides is 1. The van der Waals surface area contributed by atoms with Crippen LogP contribution in [0, 0.1) is 5.92 Å². The molecule has 0 aliphatic carbocycles. The SMILES string of the molecule is O=C(Nc1ccc2c(c1)OCO2)C1CCN(S(=O)(=O)N2CCc3ccccc3C2)CC1. The molecule has 8 nitrogen and oxygen atoms in total. The lowest BCUT2D eigenvalue weighted by atomic mass is 9.97. The normalized spacial score (nSPS) is 19.7. The molecule has 1 N–H and O–H groups in total. The van der Waals surface area contributed by atoms with Gasteiger partial charge in [0.1, 0.15) is 0 Å². The molecule has 3 aliphatic rings. The predicted molar refractivity (Wildman–Crippen MR) is 115 cm³/mol. The molecule has 0 radical (unpaired) electrons. The fourth-order valence-electron chi connectivity index (χ4n) is 4.40. The number of carbonyl (C=O) groups is 1. The van der Waals surface area contributed by atoms with Crippen molar-refractivity contribution in [2.45, 2.75) is 25.8 Å². The number of nitrogens with one attached hydrogen (secondary N) is 1. The second kappa shape index (κ2) is 8.14. The first-order chi connectivity index (χ1) is 15.0. The molecule has 3 heterocycles. The zero-order chi connectivity index (χ0) is 21.4. The van der Waals surface area contributed by atoms with Crippen molar-refractivity contribution in [1.82, 2.24) is 8.61 Å². The van der Waals surface area contributed by atoms with Crippen LogP contribution in [0.3, 0.4) is 0 Å². The first-order valence-corrected chi connectivity index (χ1v) is 11.9. The molecule has 164 valence electrons. The van der Waals surface area contributed by atoms with Crippen molar-refractivity contribution < 1.29 is 22.7 Å². The minimum Gasteiger partial charge on any atom is -0.454 e. The molecule has 2 aromatic carbocycles. The van der Waals surface area contributed by atoms with Crippen LogP contribution in [-0.4, -0.2) is 49.4 Å². The highest BCUT2D eigenvalue weighted by atomic mass is 32.2. The Morgan fingerprint density at radius 1 is 0.935 bits per heavy atom. The largest absolute Gasteiger partial charge is 0.454 e. The first-order valence-electron chi connectivity index (χ1n) is 10.5. The number of rotatable bonds is 4. The molecule has 1 fully saturated rings. The smallest absolute Gasteiger partial charge is 0.282 e. The second-order valence-electron chi connectivity index (χ2n) is 8.09. The summed E-state index contributed by atoms with van der Waals surface area (Å²) in [6.07, 6.45) is 1.73. The van der Waals surface area contributed by atoms with Crippen LogP contribution in [0.2, 0.25) is 0 Å². The van der Waals surface area contributed by atoms with E-state index < -0.39 is 10.2 Å². The van der Waals surface area contributed by atoms with Crippen molar-refractivity contribution >= 4 is 21.8 Å². The van der Waals surface area contributed by atoms with Gasteiger partial charge >= 0.3 is 0 Å². The van der Waals surface area contributed by atoms with Crippen molar-refractivity contribution in [3.8, 4) is 11.5 Å². The third-order valence-corrected chi connectivity index (χ3v) is 8.20. The van der Waals surface area contributed by atoms with E-state index in [1.54, 1.807) is 22.5 Å². The van der Waals surface area contributed by atoms with Gasteiger partial charge in [0.15, 0.2) is 11.5 Å². The molecule has 0 saturated carbocycles. The first kappa shape index (κ1) is 20.3. The second-order valence-corrected chi connectivity index (χ2v) is 10.0. The van der Waals surface area contributed by atoms with Crippen molar-refractivity contribution in [3.63, 3.8) is 0 Å². The monoisotopic (exact) mass is 443 g/mol. The van der Waals surface area contributed by atoms with Crippen LogP contribution in [0.4, 0.5) is 5.69 Å². The average molecular weight is 444 g/mol. The summed E-state index contributed by atoms with van der Waals surface area (Å²) < 4.78 is 40.0. The van der Waals surface area contributed by atoms with Crippen molar-refractivity contribution in [2.24, 2.45) is 5.92 Å². The molecule has 9 heteroatoms. The van der Waals surface area contributed by atoms with E-state index in [0.717, 1.165) is 12.0 Å². The number of benzene rings is 2. The molecule has 0 bridgehead atoms. The van der Waals surface area contributed by atoms with Gasteiger partial charge in [-0.3, -0.25) is 4.79 Å². The standard InChI is InChI=1S/C22H25N3O5S/c26-22(23-19-5-6-20-21(13-19)30-15-29-20)17-8-10-24(11-9-17)31(27,28)25-12-7-16-3-1-2-4-18(16)14-25/h1-6,13,17H,7-12,14-15H2,(H,23,26). The topological polar surface area (TPSA) is 88.2 Å². The maximum absolute atomic E-state index is 13.2. The van der Waals surface area contributed by atoms with E-state index in [-0.39, 0.29) is 18.6 Å². The zero-order valence-electron chi connectivity index (χ0n) is 17.1. The number of nitrogens with zero attached hydrogens (tertiary/aromatic N) is 2. The van der Waals surface area contributed by atoms with Gasteiger partial charge in [0, 0.05) is 43.9 Å². The summed E-state index contributed by atoms with van der Waals surface area (Å²) in [5.41, 5.74) is 2.93. The predicted octanol–water partition coefficient (Wildman–Crippen LogP) is 2.37. The van der Waals surface area contributed by atoms with Gasteiger partial charge in [0.05, 0.1) is 0 Å². The van der Waals surface area contributed by atoms with Gasteiger partial charge in [0.25, 0.3) is 10.2 Å². The molecule has 1 saturated heterocycles. The van der Waals surface area contributed by atoms with E-state index in [1.807, 2.05) is 18.2 Å². The lowest BCUT2D eigenvalue weighted by Gasteiger charge is -2.36. The van der Waals surface area contributed by atoms with E-state index >= 15 is 0 Å². The van der Waals surface area contributed by atoms with Gasteiger partial charge < -0.3 is 14.8 Å². The van der Waals surface area contributed by atoms with Crippen molar-refractivity contribution in [1.29, 1.82) is 0 Å². The van der Waals surface area contributed by atoms with Crippen LogP contribution in [0.25, 0.3) is 0 Å². The van der Waals surface area contributed by atoms with E-state index in [1.165, 1.54) is 9.87 Å². The van der Waals surface area contributed by atoms with Gasteiger partial charge in [-0.25, -0.2) is 0 Å². The summed E-state index contributed by atoms with van der Waals surface area (Å²) in [7, 11) is -3.54. The Labute approximate surface area is 181 Å². The van der Waals surface area contributed by atoms with Gasteiger partial charge in [-0.15, -0.1) is 0 Å². The van der Waals surface area contributed by atoms with Crippen LogP contribution >= 0.6 is 0 Å². The minimum absolute atomic E-state index is 0.0946. The summed E-state index contributed by atoms with van der Waals surface area (Å²) in [5.74, 6) is 0.959. The van der Waals surface area contributed by atoms with Crippen LogP contribution in [0.15, 0.2) is 42.5 Å². The molecule has 0 atom stereocenters. The van der Waals surface area contributed by atoms with Crippen LogP contribution in [-0.2, 0) is 28.0 Å². The highest BCUT2D eigenvalue weighted by molar-refractivity contribution is 7.86. The van der Waals surface area contributed by atoms with Gasteiger partial charge in [-0.2, -0.15) is 17.0 Å². The fourth-order valence-corrected chi connectivity index (χ4v) is 6.02. The molecule has 1 amide bonds. The van der Waals surface area contributed by atoms with Gasteiger partial charge in [-0.1, -0.05) is 24.3 Å². The summed E-state index contributed by atoms with van der Waals surface area (Å²) >= 11 is 0. The fraction of sp³-hybridized carbons (Fsp3) is 0.409. The zero-order valence-corrected chi connectivity index (χ0v) is 17.9. The van der Waals surface area contributed by atoms with Crippen LogP contribution < -0.4 is 14.8 Å². The molecular weight excluding hydrogens is 418 g/mol. The molecule has 2 aromatic rings. The van der Waals surface area contributed by atoms with Gasteiger partial charge in [0.2, 0.25) is 12.7 Å². The molecule has 5 rings (SSSR count). The van der Waals surface area contributed by atoms with Crippen LogP contribution in [0.1, 0.15) is 24.0 Å².